The Kier molecular flexibility index (Phi) is 4.28. The van der Waals surface area contributed by atoms with Crippen molar-refractivity contribution in [2.75, 3.05) is 13.1 Å². The summed E-state index contributed by atoms with van der Waals surface area (Å²) in [5.74, 6) is -0.427. The molecule has 0 saturated carbocycles. The van der Waals surface area contributed by atoms with Crippen LogP contribution in [0, 0.1) is 12.7 Å². The highest BCUT2D eigenvalue weighted by molar-refractivity contribution is 7.89. The van der Waals surface area contributed by atoms with Crippen LogP contribution in [0.25, 0.3) is 11.0 Å². The molecule has 136 valence electrons. The maximum Gasteiger partial charge on any atom is 0.243 e. The van der Waals surface area contributed by atoms with E-state index in [-0.39, 0.29) is 10.8 Å². The van der Waals surface area contributed by atoms with Crippen molar-refractivity contribution < 1.29 is 12.8 Å². The summed E-state index contributed by atoms with van der Waals surface area (Å²) in [6.45, 7) is 2.45. The highest BCUT2D eigenvalue weighted by Crippen LogP contribution is 2.31. The van der Waals surface area contributed by atoms with Crippen molar-refractivity contribution in [2.24, 2.45) is 0 Å². The Balaban J connectivity index is 1.62. The van der Waals surface area contributed by atoms with Gasteiger partial charge in [-0.25, -0.2) is 12.8 Å². The van der Waals surface area contributed by atoms with Gasteiger partial charge < -0.3 is 4.98 Å². The zero-order valence-electron chi connectivity index (χ0n) is 14.4. The maximum absolute atomic E-state index is 13.8. The van der Waals surface area contributed by atoms with E-state index >= 15 is 0 Å². The molecule has 1 aromatic carbocycles. The van der Waals surface area contributed by atoms with Gasteiger partial charge in [-0.2, -0.15) is 4.31 Å². The number of rotatable bonds is 3. The lowest BCUT2D eigenvalue weighted by molar-refractivity contribution is 0.313. The average Bonchev–Trinajstić information content (AvgIpc) is 3.08. The van der Waals surface area contributed by atoms with Crippen LogP contribution in [0.2, 0.25) is 0 Å². The molecule has 3 aromatic rings. The average molecular weight is 373 g/mol. The van der Waals surface area contributed by atoms with Crippen LogP contribution in [0.15, 0.2) is 47.5 Å². The van der Waals surface area contributed by atoms with E-state index in [2.05, 4.69) is 9.97 Å². The third kappa shape index (κ3) is 3.01. The Morgan fingerprint density at radius 1 is 1.27 bits per heavy atom. The van der Waals surface area contributed by atoms with Crippen molar-refractivity contribution in [3.8, 4) is 0 Å². The van der Waals surface area contributed by atoms with Gasteiger partial charge in [0.25, 0.3) is 0 Å². The van der Waals surface area contributed by atoms with Gasteiger partial charge in [0.1, 0.15) is 5.82 Å². The Morgan fingerprint density at radius 2 is 2.12 bits per heavy atom. The Bertz CT molecular complexity index is 1030. The van der Waals surface area contributed by atoms with E-state index in [1.54, 1.807) is 13.1 Å². The van der Waals surface area contributed by atoms with Gasteiger partial charge in [0.15, 0.2) is 0 Å². The van der Waals surface area contributed by atoms with E-state index in [0.717, 1.165) is 35.6 Å². The second-order valence-electron chi connectivity index (χ2n) is 6.77. The lowest BCUT2D eigenvalue weighted by atomic mass is 9.96. The summed E-state index contributed by atoms with van der Waals surface area (Å²) < 4.78 is 41.2. The molecule has 5 nitrogen and oxygen atoms in total. The number of aromatic nitrogens is 2. The van der Waals surface area contributed by atoms with Crippen LogP contribution in [0.1, 0.15) is 30.0 Å². The molecule has 1 atom stereocenters. The highest BCUT2D eigenvalue weighted by atomic mass is 32.2. The van der Waals surface area contributed by atoms with E-state index in [1.165, 1.54) is 16.4 Å². The molecule has 1 aliphatic rings. The Hall–Kier alpha value is -2.25. The molecule has 0 bridgehead atoms. The minimum Gasteiger partial charge on any atom is -0.357 e. The third-order valence-corrected chi connectivity index (χ3v) is 6.88. The quantitative estimate of drug-likeness (QED) is 0.763. The molecule has 26 heavy (non-hydrogen) atoms. The number of fused-ring (bicyclic) bond motifs is 1. The number of nitrogens with one attached hydrogen (secondary N) is 1. The summed E-state index contributed by atoms with van der Waals surface area (Å²) in [4.78, 5) is 7.69. The maximum atomic E-state index is 13.8. The number of benzene rings is 1. The minimum absolute atomic E-state index is 0.0135. The minimum atomic E-state index is -3.71. The SMILES string of the molecule is Cc1ccc(S(=O)(=O)N2CCCC(c3cc4ncccc4[nH]3)C2)cc1F. The van der Waals surface area contributed by atoms with E-state index < -0.39 is 15.8 Å². The lowest BCUT2D eigenvalue weighted by Crippen LogP contribution is -2.39. The molecule has 0 amide bonds. The zero-order chi connectivity index (χ0) is 18.3. The molecular weight excluding hydrogens is 353 g/mol. The van der Waals surface area contributed by atoms with Crippen molar-refractivity contribution in [3.63, 3.8) is 0 Å². The van der Waals surface area contributed by atoms with Gasteiger partial charge in [-0.1, -0.05) is 6.07 Å². The number of pyridine rings is 1. The number of hydrogen-bond acceptors (Lipinski definition) is 3. The summed E-state index contributed by atoms with van der Waals surface area (Å²) in [5, 5.41) is 0. The normalized spacial score (nSPS) is 19.1. The molecule has 7 heteroatoms. The van der Waals surface area contributed by atoms with Gasteiger partial charge in [0.05, 0.1) is 15.9 Å². The summed E-state index contributed by atoms with van der Waals surface area (Å²) in [6.07, 6.45) is 3.41. The van der Waals surface area contributed by atoms with Gasteiger partial charge in [0, 0.05) is 30.9 Å². The zero-order valence-corrected chi connectivity index (χ0v) is 15.3. The van der Waals surface area contributed by atoms with Gasteiger partial charge in [-0.05, 0) is 55.7 Å². The largest absolute Gasteiger partial charge is 0.357 e. The predicted molar refractivity (Wildman–Crippen MR) is 98.0 cm³/mol. The predicted octanol–water partition coefficient (Wildman–Crippen LogP) is 3.58. The molecular formula is C19H20FN3O2S. The van der Waals surface area contributed by atoms with Gasteiger partial charge in [0.2, 0.25) is 10.0 Å². The fourth-order valence-electron chi connectivity index (χ4n) is 3.49. The Morgan fingerprint density at radius 3 is 2.88 bits per heavy atom. The van der Waals surface area contributed by atoms with E-state index in [4.69, 9.17) is 0 Å². The molecule has 0 radical (unpaired) electrons. The molecule has 2 aromatic heterocycles. The van der Waals surface area contributed by atoms with Gasteiger partial charge in [-0.15, -0.1) is 0 Å². The molecule has 4 rings (SSSR count). The monoisotopic (exact) mass is 373 g/mol. The van der Waals surface area contributed by atoms with Crippen molar-refractivity contribution in [2.45, 2.75) is 30.6 Å². The smallest absolute Gasteiger partial charge is 0.243 e. The molecule has 1 aliphatic heterocycles. The van der Waals surface area contributed by atoms with Crippen molar-refractivity contribution >= 4 is 21.1 Å². The van der Waals surface area contributed by atoms with Gasteiger partial charge in [-0.3, -0.25) is 4.98 Å². The first-order valence-electron chi connectivity index (χ1n) is 8.65. The van der Waals surface area contributed by atoms with Crippen LogP contribution in [0.3, 0.4) is 0 Å². The van der Waals surface area contributed by atoms with Crippen molar-refractivity contribution in [1.82, 2.24) is 14.3 Å². The molecule has 0 aliphatic carbocycles. The molecule has 1 N–H and O–H groups in total. The second-order valence-corrected chi connectivity index (χ2v) is 8.71. The van der Waals surface area contributed by atoms with Crippen LogP contribution < -0.4 is 0 Å². The van der Waals surface area contributed by atoms with Gasteiger partial charge >= 0.3 is 0 Å². The van der Waals surface area contributed by atoms with Crippen LogP contribution in [0.4, 0.5) is 4.39 Å². The van der Waals surface area contributed by atoms with Crippen LogP contribution in [0.5, 0.6) is 0 Å². The number of aryl methyl sites for hydroxylation is 1. The molecule has 1 unspecified atom stereocenters. The molecule has 1 fully saturated rings. The first kappa shape index (κ1) is 17.2. The fraction of sp³-hybridized carbons (Fsp3) is 0.316. The highest BCUT2D eigenvalue weighted by Gasteiger charge is 2.32. The summed E-state index contributed by atoms with van der Waals surface area (Å²) >= 11 is 0. The number of hydrogen-bond donors (Lipinski definition) is 1. The number of sulfonamides is 1. The Labute approximate surface area is 151 Å². The number of halogens is 1. The van der Waals surface area contributed by atoms with Crippen LogP contribution in [-0.4, -0.2) is 35.8 Å². The van der Waals surface area contributed by atoms with Crippen LogP contribution >= 0.6 is 0 Å². The summed E-state index contributed by atoms with van der Waals surface area (Å²) in [5.41, 5.74) is 3.26. The number of aromatic amines is 1. The second kappa shape index (κ2) is 6.48. The number of piperidine rings is 1. The third-order valence-electron chi connectivity index (χ3n) is 5.01. The van der Waals surface area contributed by atoms with E-state index in [9.17, 15) is 12.8 Å². The van der Waals surface area contributed by atoms with E-state index in [1.807, 2.05) is 18.2 Å². The van der Waals surface area contributed by atoms with Crippen molar-refractivity contribution in [3.05, 3.63) is 59.7 Å². The summed E-state index contributed by atoms with van der Waals surface area (Å²) in [7, 11) is -3.71. The first-order valence-corrected chi connectivity index (χ1v) is 10.1. The lowest BCUT2D eigenvalue weighted by Gasteiger charge is -2.31. The number of nitrogens with zero attached hydrogens (tertiary/aromatic N) is 2. The molecule has 3 heterocycles. The van der Waals surface area contributed by atoms with Crippen LogP contribution in [-0.2, 0) is 10.0 Å². The van der Waals surface area contributed by atoms with E-state index in [0.29, 0.717) is 18.7 Å². The molecule has 0 spiro atoms. The summed E-state index contributed by atoms with van der Waals surface area (Å²) in [6, 6.07) is 9.91. The fourth-order valence-corrected chi connectivity index (χ4v) is 5.03. The standard InChI is InChI=1S/C19H20FN3O2S/c1-13-6-7-15(10-16(13)20)26(24,25)23-9-3-4-14(12-23)18-11-19-17(22-18)5-2-8-21-19/h2,5-8,10-11,14,22H,3-4,9,12H2,1H3. The number of H-pyrrole nitrogens is 1. The van der Waals surface area contributed by atoms with Crippen molar-refractivity contribution in [1.29, 1.82) is 0 Å². The molecule has 1 saturated heterocycles. The first-order chi connectivity index (χ1) is 12.4. The topological polar surface area (TPSA) is 66.1 Å².